The van der Waals surface area contributed by atoms with Gasteiger partial charge in [-0.2, -0.15) is 0 Å². The average Bonchev–Trinajstić information content (AvgIpc) is 3.17. The van der Waals surface area contributed by atoms with E-state index in [0.717, 1.165) is 16.7 Å². The molecule has 1 aliphatic heterocycles. The number of carbonyl (C=O) groups excluding carboxylic acids is 2. The smallest absolute Gasteiger partial charge is 0.306 e. The van der Waals surface area contributed by atoms with Gasteiger partial charge in [0.25, 0.3) is 0 Å². The molecule has 0 radical (unpaired) electrons. The number of nitrogen functional groups attached to an aromatic ring is 1. The summed E-state index contributed by atoms with van der Waals surface area (Å²) in [5.41, 5.74) is 9.28. The first-order chi connectivity index (χ1) is 16.9. The Labute approximate surface area is 217 Å². The van der Waals surface area contributed by atoms with Crippen molar-refractivity contribution in [3.63, 3.8) is 0 Å². The van der Waals surface area contributed by atoms with Crippen LogP contribution in [0.3, 0.4) is 0 Å². The van der Waals surface area contributed by atoms with Gasteiger partial charge in [0.2, 0.25) is 5.91 Å². The second-order valence-corrected chi connectivity index (χ2v) is 8.64. The summed E-state index contributed by atoms with van der Waals surface area (Å²) < 4.78 is 10.9. The third-order valence-electron chi connectivity index (χ3n) is 6.29. The van der Waals surface area contributed by atoms with E-state index in [1.165, 1.54) is 7.11 Å². The zero-order valence-corrected chi connectivity index (χ0v) is 20.9. The van der Waals surface area contributed by atoms with E-state index in [2.05, 4.69) is 0 Å². The highest BCUT2D eigenvalue weighted by Gasteiger charge is 2.40. The highest BCUT2D eigenvalue weighted by atomic mass is 35.5. The number of nitrogens with two attached hydrogens (primary N) is 1. The number of amides is 1. The zero-order valence-electron chi connectivity index (χ0n) is 20.1. The van der Waals surface area contributed by atoms with E-state index in [4.69, 9.17) is 20.6 Å². The van der Waals surface area contributed by atoms with Gasteiger partial charge in [0.15, 0.2) is 0 Å². The number of ether oxygens (including phenoxy) is 2. The molecular formula is C28H30ClN3O4. The number of nitrogens with one attached hydrogen (secondary N) is 1. The summed E-state index contributed by atoms with van der Waals surface area (Å²) in [4.78, 5) is 26.7. The first-order valence-corrected chi connectivity index (χ1v) is 11.5. The normalized spacial score (nSPS) is 16.8. The minimum absolute atomic E-state index is 0. The molecule has 8 heteroatoms. The van der Waals surface area contributed by atoms with Crippen molar-refractivity contribution in [3.8, 4) is 16.9 Å². The molecule has 3 aromatic carbocycles. The van der Waals surface area contributed by atoms with Crippen LogP contribution in [0.1, 0.15) is 24.0 Å². The highest BCUT2D eigenvalue weighted by Crippen LogP contribution is 2.30. The fourth-order valence-electron chi connectivity index (χ4n) is 4.35. The fraction of sp³-hybridized carbons (Fsp3) is 0.250. The van der Waals surface area contributed by atoms with Crippen LogP contribution in [0.2, 0.25) is 0 Å². The number of rotatable bonds is 9. The summed E-state index contributed by atoms with van der Waals surface area (Å²) in [6, 6.07) is 24.9. The van der Waals surface area contributed by atoms with Gasteiger partial charge >= 0.3 is 5.97 Å². The average molecular weight is 508 g/mol. The molecule has 0 bridgehead atoms. The van der Waals surface area contributed by atoms with Crippen LogP contribution in [0.25, 0.3) is 11.1 Å². The summed E-state index contributed by atoms with van der Waals surface area (Å²) >= 11 is 0. The predicted octanol–water partition coefficient (Wildman–Crippen LogP) is 4.42. The maximum atomic E-state index is 13.1. The predicted molar refractivity (Wildman–Crippen MR) is 141 cm³/mol. The molecule has 4 rings (SSSR count). The van der Waals surface area contributed by atoms with Crippen LogP contribution in [-0.2, 0) is 20.9 Å². The van der Waals surface area contributed by atoms with Crippen molar-refractivity contribution in [2.24, 2.45) is 11.7 Å². The Balaban J connectivity index is 0.00000361. The molecule has 1 saturated heterocycles. The van der Waals surface area contributed by atoms with Crippen molar-refractivity contribution < 1.29 is 19.1 Å². The number of halogens is 1. The van der Waals surface area contributed by atoms with Crippen LogP contribution in [0, 0.1) is 11.3 Å². The van der Waals surface area contributed by atoms with Gasteiger partial charge in [0, 0.05) is 12.1 Å². The number of benzene rings is 3. The lowest BCUT2D eigenvalue weighted by Crippen LogP contribution is -2.37. The Morgan fingerprint density at radius 2 is 1.61 bits per heavy atom. The van der Waals surface area contributed by atoms with Gasteiger partial charge in [-0.15, -0.1) is 12.4 Å². The molecule has 0 aliphatic carbocycles. The third kappa shape index (κ3) is 6.43. The number of methoxy groups -OCH3 is 1. The number of esters is 1. The molecule has 1 fully saturated rings. The SMILES string of the molecule is COC(=O)C[C@@H]1C[C@@H](COc2ccc(-c3ccc(C(=N)N)cc3)cc2)N(Cc2ccccc2)C1=O.Cl. The number of nitrogens with zero attached hydrogens (tertiary/aromatic N) is 1. The number of hydrogen-bond acceptors (Lipinski definition) is 5. The van der Waals surface area contributed by atoms with Crippen molar-refractivity contribution in [2.75, 3.05) is 13.7 Å². The summed E-state index contributed by atoms with van der Waals surface area (Å²) in [6.07, 6.45) is 0.621. The van der Waals surface area contributed by atoms with E-state index < -0.39 is 5.92 Å². The van der Waals surface area contributed by atoms with Crippen molar-refractivity contribution in [1.82, 2.24) is 4.90 Å². The van der Waals surface area contributed by atoms with Gasteiger partial charge in [-0.05, 0) is 35.2 Å². The van der Waals surface area contributed by atoms with E-state index in [0.29, 0.717) is 30.9 Å². The molecular weight excluding hydrogens is 478 g/mol. The van der Waals surface area contributed by atoms with Crippen LogP contribution in [-0.4, -0.2) is 42.4 Å². The Morgan fingerprint density at radius 3 is 2.19 bits per heavy atom. The molecule has 1 aliphatic rings. The van der Waals surface area contributed by atoms with Gasteiger partial charge in [-0.1, -0.05) is 66.7 Å². The van der Waals surface area contributed by atoms with E-state index in [9.17, 15) is 9.59 Å². The maximum Gasteiger partial charge on any atom is 0.306 e. The fourth-order valence-corrected chi connectivity index (χ4v) is 4.35. The van der Waals surface area contributed by atoms with Gasteiger partial charge in [-0.25, -0.2) is 0 Å². The minimum atomic E-state index is -0.403. The van der Waals surface area contributed by atoms with Gasteiger partial charge in [0.1, 0.15) is 18.2 Å². The molecule has 188 valence electrons. The molecule has 0 saturated carbocycles. The molecule has 7 nitrogen and oxygen atoms in total. The standard InChI is InChI=1S/C28H29N3O4.ClH/c1-34-26(32)16-23-15-24(31(28(23)33)17-19-5-3-2-4-6-19)18-35-25-13-11-21(12-14-25)20-7-9-22(10-8-20)27(29)30;/h2-14,23-24H,15-18H2,1H3,(H3,29,30);1H/t23-,24-;/m0./s1. The van der Waals surface area contributed by atoms with Crippen LogP contribution in [0.5, 0.6) is 5.75 Å². The Kier molecular flexibility index (Phi) is 9.08. The molecule has 1 heterocycles. The number of likely N-dealkylation sites (tertiary alicyclic amines) is 1. The summed E-state index contributed by atoms with van der Waals surface area (Å²) in [7, 11) is 1.34. The summed E-state index contributed by atoms with van der Waals surface area (Å²) in [5, 5.41) is 7.51. The van der Waals surface area contributed by atoms with Crippen molar-refractivity contribution in [1.29, 1.82) is 5.41 Å². The topological polar surface area (TPSA) is 106 Å². The van der Waals surface area contributed by atoms with Crippen LogP contribution in [0.4, 0.5) is 0 Å². The number of hydrogen-bond donors (Lipinski definition) is 2. The van der Waals surface area contributed by atoms with Crippen LogP contribution in [0.15, 0.2) is 78.9 Å². The van der Waals surface area contributed by atoms with E-state index in [1.807, 2.05) is 83.8 Å². The Hall–Kier alpha value is -3.84. The molecule has 36 heavy (non-hydrogen) atoms. The lowest BCUT2D eigenvalue weighted by Gasteiger charge is -2.25. The summed E-state index contributed by atoms with van der Waals surface area (Å²) in [5.74, 6) is -0.0766. The Morgan fingerprint density at radius 1 is 1.00 bits per heavy atom. The molecule has 3 N–H and O–H groups in total. The third-order valence-corrected chi connectivity index (χ3v) is 6.29. The van der Waals surface area contributed by atoms with Crippen molar-refractivity contribution in [3.05, 3.63) is 90.0 Å². The second-order valence-electron chi connectivity index (χ2n) is 8.64. The van der Waals surface area contributed by atoms with Crippen molar-refractivity contribution >= 4 is 30.1 Å². The lowest BCUT2D eigenvalue weighted by atomic mass is 10.0. The molecule has 2 atom stereocenters. The largest absolute Gasteiger partial charge is 0.491 e. The highest BCUT2D eigenvalue weighted by molar-refractivity contribution is 5.95. The quantitative estimate of drug-likeness (QED) is 0.253. The molecule has 0 aromatic heterocycles. The second kappa shape index (κ2) is 12.2. The van der Waals surface area contributed by atoms with Crippen molar-refractivity contribution in [2.45, 2.75) is 25.4 Å². The first kappa shape index (κ1) is 26.8. The molecule has 0 spiro atoms. The molecule has 1 amide bonds. The zero-order chi connectivity index (χ0) is 24.8. The van der Waals surface area contributed by atoms with E-state index in [1.54, 1.807) is 0 Å². The maximum absolute atomic E-state index is 13.1. The molecule has 3 aromatic rings. The number of carbonyl (C=O) groups is 2. The van der Waals surface area contributed by atoms with E-state index >= 15 is 0 Å². The monoisotopic (exact) mass is 507 g/mol. The van der Waals surface area contributed by atoms with E-state index in [-0.39, 0.29) is 42.6 Å². The number of amidine groups is 1. The lowest BCUT2D eigenvalue weighted by molar-refractivity contribution is -0.145. The van der Waals surface area contributed by atoms with Crippen LogP contribution >= 0.6 is 12.4 Å². The van der Waals surface area contributed by atoms with Gasteiger partial charge in [-0.3, -0.25) is 15.0 Å². The van der Waals surface area contributed by atoms with Gasteiger partial charge in [0.05, 0.1) is 25.5 Å². The first-order valence-electron chi connectivity index (χ1n) is 11.5. The van der Waals surface area contributed by atoms with Crippen LogP contribution < -0.4 is 10.5 Å². The minimum Gasteiger partial charge on any atom is -0.491 e. The Bertz CT molecular complexity index is 1180. The van der Waals surface area contributed by atoms with Gasteiger partial charge < -0.3 is 20.1 Å². The summed E-state index contributed by atoms with van der Waals surface area (Å²) in [6.45, 7) is 0.809. The molecule has 0 unspecified atom stereocenters.